The van der Waals surface area contributed by atoms with Gasteiger partial charge in [0.2, 0.25) is 11.8 Å². The maximum absolute atomic E-state index is 12.6. The van der Waals surface area contributed by atoms with Crippen LogP contribution < -0.4 is 10.6 Å². The molecule has 1 aliphatic rings. The molecule has 0 spiro atoms. The Morgan fingerprint density at radius 2 is 2.00 bits per heavy atom. The number of amides is 2. The molecule has 0 fully saturated rings. The van der Waals surface area contributed by atoms with Crippen molar-refractivity contribution < 1.29 is 9.59 Å². The van der Waals surface area contributed by atoms with Crippen molar-refractivity contribution >= 4 is 40.9 Å². The molecule has 2 atom stereocenters. The van der Waals surface area contributed by atoms with Crippen LogP contribution in [0.5, 0.6) is 0 Å². The zero-order valence-corrected chi connectivity index (χ0v) is 16.8. The summed E-state index contributed by atoms with van der Waals surface area (Å²) in [5, 5.41) is 6.02. The average molecular weight is 404 g/mol. The number of thioether (sulfide) groups is 1. The summed E-state index contributed by atoms with van der Waals surface area (Å²) >= 11 is 7.37. The molecular weight excluding hydrogens is 382 g/mol. The van der Waals surface area contributed by atoms with E-state index in [-0.39, 0.29) is 24.3 Å². The van der Waals surface area contributed by atoms with Crippen LogP contribution in [0.4, 0.5) is 5.69 Å². The van der Waals surface area contributed by atoms with Crippen molar-refractivity contribution in [1.82, 2.24) is 10.2 Å². The van der Waals surface area contributed by atoms with Crippen LogP contribution in [0.3, 0.4) is 0 Å². The van der Waals surface area contributed by atoms with E-state index < -0.39 is 5.25 Å². The Kier molecular flexibility index (Phi) is 6.42. The second-order valence-electron chi connectivity index (χ2n) is 6.73. The largest absolute Gasteiger partial charge is 0.348 e. The van der Waals surface area contributed by atoms with Crippen molar-refractivity contribution in [2.24, 2.45) is 0 Å². The van der Waals surface area contributed by atoms with Crippen LogP contribution in [0.1, 0.15) is 18.0 Å². The summed E-state index contributed by atoms with van der Waals surface area (Å²) in [6, 6.07) is 15.1. The molecule has 0 saturated heterocycles. The number of nitrogens with zero attached hydrogens (tertiary/aromatic N) is 1. The molecule has 1 aliphatic heterocycles. The fraction of sp³-hybridized carbons (Fsp3) is 0.300. The van der Waals surface area contributed by atoms with Gasteiger partial charge in [0.15, 0.2) is 0 Å². The Hall–Kier alpha value is -2.02. The number of halogens is 1. The zero-order chi connectivity index (χ0) is 19.4. The molecule has 0 bridgehead atoms. The molecule has 0 saturated carbocycles. The lowest BCUT2D eigenvalue weighted by Crippen LogP contribution is -2.39. The van der Waals surface area contributed by atoms with E-state index in [0.29, 0.717) is 17.3 Å². The van der Waals surface area contributed by atoms with Gasteiger partial charge in [0.25, 0.3) is 0 Å². The smallest absolute Gasteiger partial charge is 0.238 e. The Bertz CT molecular complexity index is 829. The summed E-state index contributed by atoms with van der Waals surface area (Å²) < 4.78 is 0. The lowest BCUT2D eigenvalue weighted by atomic mass is 10.1. The maximum Gasteiger partial charge on any atom is 0.238 e. The summed E-state index contributed by atoms with van der Waals surface area (Å²) in [5.74, 6) is -0.315. The molecule has 27 heavy (non-hydrogen) atoms. The number of carbonyl (C=O) groups excluding carboxylic acids is 2. The molecule has 1 heterocycles. The van der Waals surface area contributed by atoms with Gasteiger partial charge in [0.05, 0.1) is 17.0 Å². The number of nitrogens with one attached hydrogen (secondary N) is 2. The van der Waals surface area contributed by atoms with E-state index in [4.69, 9.17) is 11.6 Å². The van der Waals surface area contributed by atoms with Crippen LogP contribution in [0.15, 0.2) is 53.4 Å². The van der Waals surface area contributed by atoms with Gasteiger partial charge >= 0.3 is 0 Å². The van der Waals surface area contributed by atoms with Crippen LogP contribution in [0.2, 0.25) is 5.02 Å². The second kappa shape index (κ2) is 8.78. The topological polar surface area (TPSA) is 61.4 Å². The van der Waals surface area contributed by atoms with Crippen LogP contribution in [0.25, 0.3) is 0 Å². The number of anilines is 1. The number of carbonyl (C=O) groups is 2. The van der Waals surface area contributed by atoms with Gasteiger partial charge in [-0.05, 0) is 37.9 Å². The third-order valence-corrected chi connectivity index (χ3v) is 5.73. The summed E-state index contributed by atoms with van der Waals surface area (Å²) in [5.41, 5.74) is 1.74. The SMILES string of the molecule is CN(C)C[C@@H](NC(=O)C[C@@H]1Sc2ccc(Cl)cc2NC1=O)c1ccccc1. The van der Waals surface area contributed by atoms with Crippen molar-refractivity contribution in [3.05, 3.63) is 59.1 Å². The van der Waals surface area contributed by atoms with Gasteiger partial charge in [-0.15, -0.1) is 11.8 Å². The van der Waals surface area contributed by atoms with Gasteiger partial charge in [-0.1, -0.05) is 41.9 Å². The third kappa shape index (κ3) is 5.25. The summed E-state index contributed by atoms with van der Waals surface area (Å²) in [6.07, 6.45) is 0.120. The number of likely N-dealkylation sites (N-methyl/N-ethyl adjacent to an activating group) is 1. The van der Waals surface area contributed by atoms with E-state index in [2.05, 4.69) is 10.6 Å². The lowest BCUT2D eigenvalue weighted by Gasteiger charge is -2.26. The molecule has 2 aromatic carbocycles. The monoisotopic (exact) mass is 403 g/mol. The van der Waals surface area contributed by atoms with Crippen molar-refractivity contribution in [3.8, 4) is 0 Å². The highest BCUT2D eigenvalue weighted by Crippen LogP contribution is 2.38. The molecule has 0 unspecified atom stereocenters. The number of benzene rings is 2. The first kappa shape index (κ1) is 19.7. The second-order valence-corrected chi connectivity index (χ2v) is 8.41. The predicted octanol–water partition coefficient (Wildman–Crippen LogP) is 3.56. The highest BCUT2D eigenvalue weighted by Gasteiger charge is 2.30. The quantitative estimate of drug-likeness (QED) is 0.774. The molecular formula is C20H22ClN3O2S. The Morgan fingerprint density at radius 3 is 2.70 bits per heavy atom. The first-order valence-electron chi connectivity index (χ1n) is 8.68. The minimum absolute atomic E-state index is 0.120. The lowest BCUT2D eigenvalue weighted by molar-refractivity contribution is -0.124. The Balaban J connectivity index is 1.67. The minimum Gasteiger partial charge on any atom is -0.348 e. The van der Waals surface area contributed by atoms with E-state index in [1.54, 1.807) is 12.1 Å². The van der Waals surface area contributed by atoms with Crippen molar-refractivity contribution in [2.75, 3.05) is 26.0 Å². The van der Waals surface area contributed by atoms with E-state index in [1.165, 1.54) is 11.8 Å². The molecule has 7 heteroatoms. The highest BCUT2D eigenvalue weighted by atomic mass is 35.5. The van der Waals surface area contributed by atoms with Gasteiger partial charge in [-0.2, -0.15) is 0 Å². The average Bonchev–Trinajstić information content (AvgIpc) is 2.62. The Morgan fingerprint density at radius 1 is 1.26 bits per heavy atom. The first-order chi connectivity index (χ1) is 12.9. The van der Waals surface area contributed by atoms with Gasteiger partial charge < -0.3 is 15.5 Å². The molecule has 0 radical (unpaired) electrons. The molecule has 0 aliphatic carbocycles. The van der Waals surface area contributed by atoms with E-state index in [1.807, 2.05) is 55.4 Å². The van der Waals surface area contributed by atoms with Gasteiger partial charge in [0.1, 0.15) is 0 Å². The first-order valence-corrected chi connectivity index (χ1v) is 9.94. The predicted molar refractivity (Wildman–Crippen MR) is 110 cm³/mol. The number of hydrogen-bond acceptors (Lipinski definition) is 4. The molecule has 2 amide bonds. The van der Waals surface area contributed by atoms with E-state index in [9.17, 15) is 9.59 Å². The molecule has 0 aromatic heterocycles. The fourth-order valence-corrected chi connectivity index (χ4v) is 4.23. The van der Waals surface area contributed by atoms with Crippen molar-refractivity contribution in [2.45, 2.75) is 22.6 Å². The normalized spacial score (nSPS) is 17.2. The highest BCUT2D eigenvalue weighted by molar-refractivity contribution is 8.01. The minimum atomic E-state index is -0.463. The van der Waals surface area contributed by atoms with Gasteiger partial charge in [-0.25, -0.2) is 0 Å². The molecule has 142 valence electrons. The number of rotatable bonds is 6. The van der Waals surface area contributed by atoms with Crippen LogP contribution in [0, 0.1) is 0 Å². The van der Waals surface area contributed by atoms with Crippen molar-refractivity contribution in [3.63, 3.8) is 0 Å². The Labute approximate surface area is 168 Å². The van der Waals surface area contributed by atoms with Crippen molar-refractivity contribution in [1.29, 1.82) is 0 Å². The number of fused-ring (bicyclic) bond motifs is 1. The molecule has 2 N–H and O–H groups in total. The summed E-state index contributed by atoms with van der Waals surface area (Å²) in [6.45, 7) is 0.682. The van der Waals surface area contributed by atoms with Crippen LogP contribution in [-0.2, 0) is 9.59 Å². The van der Waals surface area contributed by atoms with Crippen LogP contribution in [-0.4, -0.2) is 42.6 Å². The van der Waals surface area contributed by atoms with Crippen LogP contribution >= 0.6 is 23.4 Å². The fourth-order valence-electron chi connectivity index (χ4n) is 2.96. The molecule has 2 aromatic rings. The zero-order valence-electron chi connectivity index (χ0n) is 15.2. The van der Waals surface area contributed by atoms with Gasteiger partial charge in [-0.3, -0.25) is 9.59 Å². The molecule has 5 nitrogen and oxygen atoms in total. The third-order valence-electron chi connectivity index (χ3n) is 4.22. The molecule has 3 rings (SSSR count). The summed E-state index contributed by atoms with van der Waals surface area (Å²) in [7, 11) is 3.93. The van der Waals surface area contributed by atoms with E-state index in [0.717, 1.165) is 10.5 Å². The maximum atomic E-state index is 12.6. The standard InChI is InChI=1S/C20H22ClN3O2S/c1-24(2)12-16(13-6-4-3-5-7-13)22-19(25)11-18-20(26)23-15-10-14(21)8-9-17(15)27-18/h3-10,16,18H,11-12H2,1-2H3,(H,22,25)(H,23,26)/t16-,18+/m1/s1. The van der Waals surface area contributed by atoms with E-state index >= 15 is 0 Å². The van der Waals surface area contributed by atoms with Gasteiger partial charge in [0, 0.05) is 22.9 Å². The summed E-state index contributed by atoms with van der Waals surface area (Å²) in [4.78, 5) is 28.0. The number of hydrogen-bond donors (Lipinski definition) is 2.